The van der Waals surface area contributed by atoms with Gasteiger partial charge in [0.2, 0.25) is 5.88 Å². The van der Waals surface area contributed by atoms with Crippen molar-refractivity contribution in [2.24, 2.45) is 13.0 Å². The third-order valence-corrected chi connectivity index (χ3v) is 4.90. The summed E-state index contributed by atoms with van der Waals surface area (Å²) in [5.74, 6) is -0.108. The highest BCUT2D eigenvalue weighted by atomic mass is 19.4. The molecule has 164 valence electrons. The van der Waals surface area contributed by atoms with Gasteiger partial charge in [-0.25, -0.2) is 9.67 Å². The van der Waals surface area contributed by atoms with Gasteiger partial charge in [0, 0.05) is 38.7 Å². The molecular formula is C18H18F6N4O2. The second-order valence-corrected chi connectivity index (χ2v) is 7.08. The van der Waals surface area contributed by atoms with Crippen molar-refractivity contribution >= 4 is 12.1 Å². The summed E-state index contributed by atoms with van der Waals surface area (Å²) in [6.07, 6.45) is -8.59. The number of aldehydes is 1. The number of hydrogen-bond donors (Lipinski definition) is 0. The number of ether oxygens (including phenoxy) is 1. The molecule has 0 aromatic carbocycles. The van der Waals surface area contributed by atoms with Crippen LogP contribution in [0.25, 0.3) is 0 Å². The summed E-state index contributed by atoms with van der Waals surface area (Å²) in [5.41, 5.74) is -2.83. The number of aromatic nitrogens is 3. The fraction of sp³-hybridized carbons (Fsp3) is 0.500. The number of aryl methyl sites for hydroxylation is 1. The Morgan fingerprint density at radius 1 is 1.17 bits per heavy atom. The zero-order valence-corrected chi connectivity index (χ0v) is 16.0. The molecule has 0 amide bonds. The van der Waals surface area contributed by atoms with Crippen LogP contribution in [0.5, 0.6) is 5.88 Å². The average molecular weight is 436 g/mol. The Morgan fingerprint density at radius 2 is 1.87 bits per heavy atom. The van der Waals surface area contributed by atoms with Crippen molar-refractivity contribution in [2.75, 3.05) is 18.0 Å². The fourth-order valence-corrected chi connectivity index (χ4v) is 3.37. The highest BCUT2D eigenvalue weighted by molar-refractivity contribution is 5.80. The van der Waals surface area contributed by atoms with Gasteiger partial charge in [-0.05, 0) is 12.1 Å². The summed E-state index contributed by atoms with van der Waals surface area (Å²) in [6, 6.07) is 2.22. The lowest BCUT2D eigenvalue weighted by molar-refractivity contribution is -0.141. The van der Waals surface area contributed by atoms with Gasteiger partial charge >= 0.3 is 12.4 Å². The van der Waals surface area contributed by atoms with E-state index in [-0.39, 0.29) is 18.1 Å². The van der Waals surface area contributed by atoms with Crippen molar-refractivity contribution in [1.29, 1.82) is 0 Å². The number of nitrogens with zero attached hydrogens (tertiary/aromatic N) is 4. The Morgan fingerprint density at radius 3 is 2.37 bits per heavy atom. The van der Waals surface area contributed by atoms with Gasteiger partial charge in [0.1, 0.15) is 17.5 Å². The molecule has 2 aromatic rings. The summed E-state index contributed by atoms with van der Waals surface area (Å²) in [5, 5.41) is 3.36. The second kappa shape index (κ2) is 7.80. The molecule has 0 spiro atoms. The first-order valence-electron chi connectivity index (χ1n) is 8.96. The van der Waals surface area contributed by atoms with Crippen LogP contribution in [0.2, 0.25) is 0 Å². The minimum absolute atomic E-state index is 0.0665. The van der Waals surface area contributed by atoms with E-state index in [9.17, 15) is 31.1 Å². The Bertz CT molecular complexity index is 907. The molecule has 2 aromatic heterocycles. The molecule has 0 aliphatic carbocycles. The molecule has 0 radical (unpaired) electrons. The molecule has 0 N–H and O–H groups in total. The van der Waals surface area contributed by atoms with Gasteiger partial charge < -0.3 is 9.64 Å². The maximum absolute atomic E-state index is 13.1. The van der Waals surface area contributed by atoms with E-state index in [0.717, 1.165) is 16.9 Å². The molecule has 2 atom stereocenters. The number of alkyl halides is 6. The molecule has 3 heterocycles. The van der Waals surface area contributed by atoms with Gasteiger partial charge in [-0.15, -0.1) is 0 Å². The number of halogens is 6. The topological polar surface area (TPSA) is 60.3 Å². The van der Waals surface area contributed by atoms with Gasteiger partial charge in [-0.2, -0.15) is 31.4 Å². The van der Waals surface area contributed by atoms with E-state index in [1.54, 1.807) is 11.8 Å². The zero-order valence-electron chi connectivity index (χ0n) is 16.0. The number of carbonyl (C=O) groups is 1. The van der Waals surface area contributed by atoms with E-state index >= 15 is 0 Å². The standard InChI is InChI=1S/C18H18F6N4O2/c1-10-8-28(14-4-3-11(7-25-14)17(19,20)21)6-5-13(10)30-16-12(9-29)15(18(22,23)24)26-27(16)2/h3-4,7,9-10,13H,5-6,8H2,1-2H3/t10-,13-/m0/s1. The molecular weight excluding hydrogens is 418 g/mol. The van der Waals surface area contributed by atoms with Crippen molar-refractivity contribution in [3.63, 3.8) is 0 Å². The quantitative estimate of drug-likeness (QED) is 0.537. The van der Waals surface area contributed by atoms with Gasteiger partial charge in [0.25, 0.3) is 0 Å². The third kappa shape index (κ3) is 4.36. The lowest BCUT2D eigenvalue weighted by atomic mass is 9.96. The van der Waals surface area contributed by atoms with Crippen LogP contribution < -0.4 is 9.64 Å². The van der Waals surface area contributed by atoms with E-state index in [4.69, 9.17) is 4.74 Å². The number of carbonyl (C=O) groups excluding carboxylic acids is 1. The molecule has 0 saturated carbocycles. The van der Waals surface area contributed by atoms with E-state index in [0.29, 0.717) is 25.3 Å². The highest BCUT2D eigenvalue weighted by Crippen LogP contribution is 2.36. The number of piperidine rings is 1. The van der Waals surface area contributed by atoms with E-state index < -0.39 is 35.3 Å². The van der Waals surface area contributed by atoms with Crippen LogP contribution >= 0.6 is 0 Å². The summed E-state index contributed by atoms with van der Waals surface area (Å²) in [6.45, 7) is 2.53. The zero-order chi connectivity index (χ0) is 22.3. The fourth-order valence-electron chi connectivity index (χ4n) is 3.37. The van der Waals surface area contributed by atoms with Crippen molar-refractivity contribution < 1.29 is 35.9 Å². The normalized spacial score (nSPS) is 20.3. The van der Waals surface area contributed by atoms with E-state index in [1.165, 1.54) is 13.1 Å². The van der Waals surface area contributed by atoms with Crippen LogP contribution in [0.15, 0.2) is 18.3 Å². The molecule has 6 nitrogen and oxygen atoms in total. The predicted octanol–water partition coefficient (Wildman–Crippen LogP) is 3.96. The van der Waals surface area contributed by atoms with Crippen molar-refractivity contribution in [3.05, 3.63) is 35.2 Å². The minimum Gasteiger partial charge on any atom is -0.474 e. The van der Waals surface area contributed by atoms with E-state index in [1.807, 2.05) is 0 Å². The molecule has 1 aliphatic heterocycles. The maximum atomic E-state index is 13.1. The number of pyridine rings is 1. The summed E-state index contributed by atoms with van der Waals surface area (Å²) in [4.78, 5) is 16.9. The van der Waals surface area contributed by atoms with Crippen LogP contribution in [0.4, 0.5) is 32.2 Å². The molecule has 30 heavy (non-hydrogen) atoms. The van der Waals surface area contributed by atoms with Crippen LogP contribution in [-0.4, -0.2) is 40.2 Å². The summed E-state index contributed by atoms with van der Waals surface area (Å²) in [7, 11) is 1.25. The Balaban J connectivity index is 1.73. The first-order valence-corrected chi connectivity index (χ1v) is 8.96. The molecule has 1 fully saturated rings. The molecule has 12 heteroatoms. The predicted molar refractivity (Wildman–Crippen MR) is 93.2 cm³/mol. The van der Waals surface area contributed by atoms with Crippen molar-refractivity contribution in [3.8, 4) is 5.88 Å². The second-order valence-electron chi connectivity index (χ2n) is 7.08. The van der Waals surface area contributed by atoms with E-state index in [2.05, 4.69) is 10.1 Å². The highest BCUT2D eigenvalue weighted by Gasteiger charge is 2.40. The van der Waals surface area contributed by atoms with Gasteiger partial charge in [-0.1, -0.05) is 6.92 Å². The third-order valence-electron chi connectivity index (χ3n) is 4.90. The smallest absolute Gasteiger partial charge is 0.436 e. The number of rotatable bonds is 4. The first kappa shape index (κ1) is 21.9. The Labute approximate surface area is 167 Å². The van der Waals surface area contributed by atoms with Gasteiger partial charge in [-0.3, -0.25) is 4.79 Å². The summed E-state index contributed by atoms with van der Waals surface area (Å²) < 4.78 is 83.8. The Kier molecular flexibility index (Phi) is 5.70. The van der Waals surface area contributed by atoms with Crippen LogP contribution in [-0.2, 0) is 19.4 Å². The molecule has 0 bridgehead atoms. The maximum Gasteiger partial charge on any atom is 0.436 e. The van der Waals surface area contributed by atoms with Gasteiger partial charge in [0.05, 0.1) is 5.56 Å². The van der Waals surface area contributed by atoms with Crippen molar-refractivity contribution in [1.82, 2.24) is 14.8 Å². The van der Waals surface area contributed by atoms with Crippen LogP contribution in [0.1, 0.15) is 35.0 Å². The van der Waals surface area contributed by atoms with Crippen molar-refractivity contribution in [2.45, 2.75) is 31.8 Å². The summed E-state index contributed by atoms with van der Waals surface area (Å²) >= 11 is 0. The molecule has 3 rings (SSSR count). The number of anilines is 1. The molecule has 1 aliphatic rings. The lowest BCUT2D eigenvalue weighted by Crippen LogP contribution is -2.45. The molecule has 1 saturated heterocycles. The minimum atomic E-state index is -4.79. The SMILES string of the molecule is C[C@H]1CN(c2ccc(C(F)(F)F)cn2)CC[C@@H]1Oc1c(C=O)c(C(F)(F)F)nn1C. The first-order chi connectivity index (χ1) is 13.9. The largest absolute Gasteiger partial charge is 0.474 e. The van der Waals surface area contributed by atoms with Crippen LogP contribution in [0.3, 0.4) is 0 Å². The number of hydrogen-bond acceptors (Lipinski definition) is 5. The lowest BCUT2D eigenvalue weighted by Gasteiger charge is -2.37. The average Bonchev–Trinajstić information content (AvgIpc) is 2.98. The Hall–Kier alpha value is -2.79. The van der Waals surface area contributed by atoms with Crippen LogP contribution in [0, 0.1) is 5.92 Å². The van der Waals surface area contributed by atoms with Gasteiger partial charge in [0.15, 0.2) is 12.0 Å². The monoisotopic (exact) mass is 436 g/mol. The molecule has 0 unspecified atom stereocenters.